The van der Waals surface area contributed by atoms with Gasteiger partial charge < -0.3 is 0 Å². The summed E-state index contributed by atoms with van der Waals surface area (Å²) in [6.07, 6.45) is -2.49. The highest BCUT2D eigenvalue weighted by Gasteiger charge is 2.52. The third-order valence-electron chi connectivity index (χ3n) is 2.08. The van der Waals surface area contributed by atoms with E-state index in [-0.39, 0.29) is 5.56 Å². The van der Waals surface area contributed by atoms with Crippen molar-refractivity contribution in [3.05, 3.63) is 66.2 Å². The van der Waals surface area contributed by atoms with Gasteiger partial charge in [0.1, 0.15) is 9.85 Å². The zero-order valence-corrected chi connectivity index (χ0v) is 8.33. The lowest BCUT2D eigenvalue weighted by molar-refractivity contribution is -0.786. The Bertz CT molecular complexity index is 434. The topological polar surface area (TPSA) is 129 Å². The molecule has 9 nitrogen and oxygen atoms in total. The van der Waals surface area contributed by atoms with Crippen molar-refractivity contribution in [3.8, 4) is 0 Å². The first-order valence-electron chi connectivity index (χ1n) is 4.40. The Labute approximate surface area is 94.1 Å². The molecule has 9 heteroatoms. The molecule has 0 radical (unpaired) electrons. The van der Waals surface area contributed by atoms with Gasteiger partial charge in [0.05, 0.1) is 0 Å². The fourth-order valence-corrected chi connectivity index (χ4v) is 1.36. The standard InChI is InChI=1S/C8H7N3O6/c12-9(13)7(6-4-2-1-3-5-6)8(10(14)15)11(16)17/h1-5,7-8H. The molecule has 0 saturated carbocycles. The predicted octanol–water partition coefficient (Wildman–Crippen LogP) is 0.884. The molecule has 0 aliphatic rings. The van der Waals surface area contributed by atoms with Crippen molar-refractivity contribution >= 4 is 0 Å². The lowest BCUT2D eigenvalue weighted by atomic mass is 10.1. The average molecular weight is 241 g/mol. The molecule has 1 aromatic carbocycles. The summed E-state index contributed by atoms with van der Waals surface area (Å²) in [7, 11) is 0. The van der Waals surface area contributed by atoms with Crippen molar-refractivity contribution in [3.63, 3.8) is 0 Å². The van der Waals surface area contributed by atoms with Crippen LogP contribution in [0.5, 0.6) is 0 Å². The molecule has 0 fully saturated rings. The van der Waals surface area contributed by atoms with Gasteiger partial charge in [-0.3, -0.25) is 30.3 Å². The fraction of sp³-hybridized carbons (Fsp3) is 0.250. The highest BCUT2D eigenvalue weighted by atomic mass is 16.7. The summed E-state index contributed by atoms with van der Waals surface area (Å²) in [6.45, 7) is 0. The van der Waals surface area contributed by atoms with Crippen LogP contribution >= 0.6 is 0 Å². The summed E-state index contributed by atoms with van der Waals surface area (Å²) in [5.74, 6) is 0. The largest absolute Gasteiger partial charge is 0.519 e. The van der Waals surface area contributed by atoms with Crippen LogP contribution in [-0.2, 0) is 0 Å². The molecule has 0 aliphatic heterocycles. The number of hydrogen-bond acceptors (Lipinski definition) is 6. The lowest BCUT2D eigenvalue weighted by Gasteiger charge is -2.08. The van der Waals surface area contributed by atoms with E-state index in [9.17, 15) is 30.3 Å². The van der Waals surface area contributed by atoms with E-state index in [2.05, 4.69) is 0 Å². The minimum Gasteiger partial charge on any atom is -0.263 e. The first kappa shape index (κ1) is 12.5. The molecule has 17 heavy (non-hydrogen) atoms. The summed E-state index contributed by atoms with van der Waals surface area (Å²) in [5, 5.41) is 31.8. The second-order valence-corrected chi connectivity index (χ2v) is 3.13. The second-order valence-electron chi connectivity index (χ2n) is 3.13. The molecule has 90 valence electrons. The monoisotopic (exact) mass is 241 g/mol. The van der Waals surface area contributed by atoms with Crippen LogP contribution in [0.4, 0.5) is 0 Å². The minimum absolute atomic E-state index is 0.0732. The van der Waals surface area contributed by atoms with E-state index in [0.29, 0.717) is 0 Å². The Balaban J connectivity index is 3.22. The third-order valence-corrected chi connectivity index (χ3v) is 2.08. The van der Waals surface area contributed by atoms with E-state index in [1.807, 2.05) is 0 Å². The summed E-state index contributed by atoms with van der Waals surface area (Å²) >= 11 is 0. The van der Waals surface area contributed by atoms with Gasteiger partial charge in [0.15, 0.2) is 0 Å². The number of benzene rings is 1. The maximum Gasteiger partial charge on any atom is 0.519 e. The molecule has 1 aromatic rings. The summed E-state index contributed by atoms with van der Waals surface area (Å²) in [5.41, 5.74) is -0.0732. The van der Waals surface area contributed by atoms with Crippen LogP contribution < -0.4 is 0 Å². The molecule has 1 atom stereocenters. The number of rotatable bonds is 5. The van der Waals surface area contributed by atoms with Gasteiger partial charge in [-0.2, -0.15) is 0 Å². The smallest absolute Gasteiger partial charge is 0.263 e. The van der Waals surface area contributed by atoms with Crippen LogP contribution in [0, 0.1) is 30.3 Å². The SMILES string of the molecule is O=[N+]([O-])C(c1ccccc1)C([N+](=O)[O-])[N+](=O)[O-]. The Morgan fingerprint density at radius 2 is 1.29 bits per heavy atom. The van der Waals surface area contributed by atoms with Crippen LogP contribution in [0.25, 0.3) is 0 Å². The van der Waals surface area contributed by atoms with Crippen molar-refractivity contribution in [1.29, 1.82) is 0 Å². The van der Waals surface area contributed by atoms with Crippen LogP contribution in [0.15, 0.2) is 30.3 Å². The molecular weight excluding hydrogens is 234 g/mol. The first-order chi connectivity index (χ1) is 7.95. The maximum atomic E-state index is 10.7. The Morgan fingerprint density at radius 1 is 0.824 bits per heavy atom. The molecule has 1 unspecified atom stereocenters. The number of nitro groups is 3. The third kappa shape index (κ3) is 2.71. The van der Waals surface area contributed by atoms with Gasteiger partial charge in [-0.25, -0.2) is 0 Å². The minimum atomic E-state index is -2.49. The zero-order chi connectivity index (χ0) is 13.0. The van der Waals surface area contributed by atoms with Crippen LogP contribution in [0.1, 0.15) is 11.6 Å². The van der Waals surface area contributed by atoms with Crippen molar-refractivity contribution in [2.24, 2.45) is 0 Å². The zero-order valence-electron chi connectivity index (χ0n) is 8.33. The van der Waals surface area contributed by atoms with E-state index in [1.165, 1.54) is 24.3 Å². The van der Waals surface area contributed by atoms with Crippen molar-refractivity contribution in [2.75, 3.05) is 0 Å². The average Bonchev–Trinajstić information content (AvgIpc) is 2.25. The predicted molar refractivity (Wildman–Crippen MR) is 54.0 cm³/mol. The lowest BCUT2D eigenvalue weighted by Crippen LogP contribution is -2.38. The molecule has 0 aliphatic carbocycles. The Morgan fingerprint density at radius 3 is 1.65 bits per heavy atom. The maximum absolute atomic E-state index is 10.7. The molecule has 0 heterocycles. The van der Waals surface area contributed by atoms with Gasteiger partial charge in [0.25, 0.3) is 0 Å². The molecular formula is C8H7N3O6. The first-order valence-corrected chi connectivity index (χ1v) is 4.40. The van der Waals surface area contributed by atoms with E-state index in [4.69, 9.17) is 0 Å². The second kappa shape index (κ2) is 4.96. The molecule has 0 spiro atoms. The molecule has 0 saturated heterocycles. The molecule has 0 aromatic heterocycles. The molecule has 0 amide bonds. The van der Waals surface area contributed by atoms with Gasteiger partial charge in [-0.05, 0) is 0 Å². The normalized spacial score (nSPS) is 12.1. The van der Waals surface area contributed by atoms with Crippen LogP contribution in [-0.4, -0.2) is 20.9 Å². The van der Waals surface area contributed by atoms with Crippen molar-refractivity contribution in [2.45, 2.75) is 12.2 Å². The van der Waals surface area contributed by atoms with Crippen LogP contribution in [0.2, 0.25) is 0 Å². The van der Waals surface area contributed by atoms with Gasteiger partial charge in [-0.1, -0.05) is 30.3 Å². The molecule has 1 rings (SSSR count). The van der Waals surface area contributed by atoms with Gasteiger partial charge >= 0.3 is 12.2 Å². The fourth-order valence-electron chi connectivity index (χ4n) is 1.36. The van der Waals surface area contributed by atoms with Gasteiger partial charge in [0.2, 0.25) is 0 Å². The highest BCUT2D eigenvalue weighted by Crippen LogP contribution is 2.22. The van der Waals surface area contributed by atoms with Gasteiger partial charge in [-0.15, -0.1) is 0 Å². The summed E-state index contributed by atoms with van der Waals surface area (Å²) in [6, 6.07) is 4.88. The van der Waals surface area contributed by atoms with Crippen LogP contribution in [0.3, 0.4) is 0 Å². The summed E-state index contributed by atoms with van der Waals surface area (Å²) in [4.78, 5) is 28.2. The number of nitrogens with zero attached hydrogens (tertiary/aromatic N) is 3. The number of hydrogen-bond donors (Lipinski definition) is 0. The van der Waals surface area contributed by atoms with Crippen molar-refractivity contribution < 1.29 is 14.8 Å². The molecule has 0 bridgehead atoms. The highest BCUT2D eigenvalue weighted by molar-refractivity contribution is 5.17. The Kier molecular flexibility index (Phi) is 3.65. The van der Waals surface area contributed by atoms with Gasteiger partial charge in [0, 0.05) is 10.5 Å². The quantitative estimate of drug-likeness (QED) is 0.427. The Hall–Kier alpha value is -2.58. The summed E-state index contributed by atoms with van der Waals surface area (Å²) < 4.78 is 0. The van der Waals surface area contributed by atoms with E-state index >= 15 is 0 Å². The van der Waals surface area contributed by atoms with E-state index in [0.717, 1.165) is 0 Å². The van der Waals surface area contributed by atoms with Crippen molar-refractivity contribution in [1.82, 2.24) is 0 Å². The molecule has 0 N–H and O–H groups in total. The van der Waals surface area contributed by atoms with E-state index in [1.54, 1.807) is 6.07 Å². The van der Waals surface area contributed by atoms with E-state index < -0.39 is 27.0 Å².